The molecule has 8 unspecified atom stereocenters. The van der Waals surface area contributed by atoms with E-state index in [0.717, 1.165) is 32.1 Å². The first-order valence-corrected chi connectivity index (χ1v) is 10.6. The summed E-state index contributed by atoms with van der Waals surface area (Å²) in [7, 11) is 0. The molecule has 0 aromatic rings. The lowest BCUT2D eigenvalue weighted by Gasteiger charge is -2.44. The molecule has 0 aromatic carbocycles. The molecule has 0 aromatic heterocycles. The molecule has 0 radical (unpaired) electrons. The summed E-state index contributed by atoms with van der Waals surface area (Å²) in [5.74, 6) is 0.722. The molecular formula is C21H38O6. The van der Waals surface area contributed by atoms with Crippen LogP contribution in [0.25, 0.3) is 0 Å². The van der Waals surface area contributed by atoms with Crippen molar-refractivity contribution in [2.45, 2.75) is 102 Å². The van der Waals surface area contributed by atoms with Gasteiger partial charge in [0, 0.05) is 0 Å². The van der Waals surface area contributed by atoms with E-state index in [4.69, 9.17) is 4.74 Å². The summed E-state index contributed by atoms with van der Waals surface area (Å²) in [5, 5.41) is 50.7. The SMILES string of the molecule is CCCCCC1CC(O)C(C2OC(CO)C(O)C(O)C2O)=CC1CCCC. The highest BCUT2D eigenvalue weighted by molar-refractivity contribution is 5.23. The average molecular weight is 387 g/mol. The van der Waals surface area contributed by atoms with E-state index in [1.807, 2.05) is 6.08 Å². The summed E-state index contributed by atoms with van der Waals surface area (Å²) in [6, 6.07) is 0. The van der Waals surface area contributed by atoms with E-state index in [0.29, 0.717) is 23.8 Å². The molecule has 8 atom stereocenters. The molecule has 5 N–H and O–H groups in total. The third-order valence-corrected chi connectivity index (χ3v) is 6.21. The number of ether oxygens (including phenoxy) is 1. The number of hydrogen-bond donors (Lipinski definition) is 5. The number of aliphatic hydroxyl groups excluding tert-OH is 5. The van der Waals surface area contributed by atoms with Gasteiger partial charge in [-0.25, -0.2) is 0 Å². The number of allylic oxidation sites excluding steroid dienone is 1. The van der Waals surface area contributed by atoms with Gasteiger partial charge >= 0.3 is 0 Å². The molecular weight excluding hydrogens is 348 g/mol. The van der Waals surface area contributed by atoms with Crippen LogP contribution in [0.5, 0.6) is 0 Å². The number of unbranched alkanes of at least 4 members (excludes halogenated alkanes) is 3. The van der Waals surface area contributed by atoms with Crippen LogP contribution in [-0.4, -0.2) is 68.8 Å². The van der Waals surface area contributed by atoms with Crippen molar-refractivity contribution in [3.8, 4) is 0 Å². The molecule has 1 saturated heterocycles. The van der Waals surface area contributed by atoms with E-state index in [2.05, 4.69) is 13.8 Å². The van der Waals surface area contributed by atoms with Gasteiger partial charge in [-0.15, -0.1) is 0 Å². The summed E-state index contributed by atoms with van der Waals surface area (Å²) in [5.41, 5.74) is 0.583. The Morgan fingerprint density at radius 1 is 0.926 bits per heavy atom. The zero-order valence-electron chi connectivity index (χ0n) is 16.7. The van der Waals surface area contributed by atoms with Crippen LogP contribution in [0.4, 0.5) is 0 Å². The third kappa shape index (κ3) is 5.52. The van der Waals surface area contributed by atoms with Crippen molar-refractivity contribution < 1.29 is 30.3 Å². The van der Waals surface area contributed by atoms with Gasteiger partial charge in [-0.3, -0.25) is 0 Å². The Hall–Kier alpha value is -0.500. The maximum absolute atomic E-state index is 10.8. The van der Waals surface area contributed by atoms with Gasteiger partial charge in [0.05, 0.1) is 12.7 Å². The van der Waals surface area contributed by atoms with Crippen molar-refractivity contribution in [2.75, 3.05) is 6.61 Å². The van der Waals surface area contributed by atoms with Gasteiger partial charge in [-0.2, -0.15) is 0 Å². The zero-order chi connectivity index (χ0) is 20.0. The highest BCUT2D eigenvalue weighted by atomic mass is 16.5. The Kier molecular flexibility index (Phi) is 9.19. The lowest BCUT2D eigenvalue weighted by molar-refractivity contribution is -0.222. The van der Waals surface area contributed by atoms with Crippen molar-refractivity contribution in [2.24, 2.45) is 11.8 Å². The summed E-state index contributed by atoms with van der Waals surface area (Å²) >= 11 is 0. The molecule has 27 heavy (non-hydrogen) atoms. The quantitative estimate of drug-likeness (QED) is 0.304. The van der Waals surface area contributed by atoms with Crippen LogP contribution in [0.15, 0.2) is 11.6 Å². The van der Waals surface area contributed by atoms with Crippen molar-refractivity contribution in [3.63, 3.8) is 0 Å². The van der Waals surface area contributed by atoms with Gasteiger partial charge in [-0.05, 0) is 36.7 Å². The van der Waals surface area contributed by atoms with Crippen molar-refractivity contribution in [1.82, 2.24) is 0 Å². The third-order valence-electron chi connectivity index (χ3n) is 6.21. The normalized spacial score (nSPS) is 40.0. The van der Waals surface area contributed by atoms with Crippen LogP contribution in [0.2, 0.25) is 0 Å². The second kappa shape index (κ2) is 10.9. The largest absolute Gasteiger partial charge is 0.394 e. The molecule has 2 aliphatic rings. The standard InChI is InChI=1S/C21H38O6/c1-3-5-7-9-14-11-16(23)15(10-13(14)8-6-4-2)21-20(26)19(25)18(24)17(12-22)27-21/h10,13-14,16-26H,3-9,11-12H2,1-2H3. The van der Waals surface area contributed by atoms with E-state index >= 15 is 0 Å². The second-order valence-corrected chi connectivity index (χ2v) is 8.23. The Morgan fingerprint density at radius 3 is 2.26 bits per heavy atom. The van der Waals surface area contributed by atoms with Crippen molar-refractivity contribution >= 4 is 0 Å². The monoisotopic (exact) mass is 386 g/mol. The maximum Gasteiger partial charge on any atom is 0.113 e. The highest BCUT2D eigenvalue weighted by Gasteiger charge is 2.47. The summed E-state index contributed by atoms with van der Waals surface area (Å²) in [6.45, 7) is 3.89. The van der Waals surface area contributed by atoms with Crippen LogP contribution in [0, 0.1) is 11.8 Å². The topological polar surface area (TPSA) is 110 Å². The van der Waals surface area contributed by atoms with E-state index in [9.17, 15) is 25.5 Å². The summed E-state index contributed by atoms with van der Waals surface area (Å²) < 4.78 is 5.69. The van der Waals surface area contributed by atoms with Crippen molar-refractivity contribution in [3.05, 3.63) is 11.6 Å². The second-order valence-electron chi connectivity index (χ2n) is 8.23. The van der Waals surface area contributed by atoms with E-state index in [1.165, 1.54) is 12.8 Å². The van der Waals surface area contributed by atoms with Gasteiger partial charge in [0.25, 0.3) is 0 Å². The smallest absolute Gasteiger partial charge is 0.113 e. The van der Waals surface area contributed by atoms with Crippen LogP contribution >= 0.6 is 0 Å². The number of aliphatic hydroxyl groups is 5. The zero-order valence-corrected chi connectivity index (χ0v) is 16.7. The molecule has 0 spiro atoms. The van der Waals surface area contributed by atoms with Crippen LogP contribution in [-0.2, 0) is 4.74 Å². The molecule has 2 rings (SSSR count). The van der Waals surface area contributed by atoms with E-state index in [-0.39, 0.29) is 0 Å². The van der Waals surface area contributed by atoms with E-state index < -0.39 is 43.2 Å². The molecule has 158 valence electrons. The lowest BCUT2D eigenvalue weighted by Crippen LogP contribution is -2.60. The predicted molar refractivity (Wildman–Crippen MR) is 103 cm³/mol. The molecule has 1 aliphatic carbocycles. The molecule has 6 nitrogen and oxygen atoms in total. The first-order valence-electron chi connectivity index (χ1n) is 10.6. The predicted octanol–water partition coefficient (Wildman–Crippen LogP) is 1.52. The first-order chi connectivity index (χ1) is 12.9. The number of rotatable bonds is 9. The number of hydrogen-bond acceptors (Lipinski definition) is 6. The Bertz CT molecular complexity index is 466. The minimum absolute atomic E-state index is 0.313. The van der Waals surface area contributed by atoms with Crippen LogP contribution in [0.1, 0.15) is 65.2 Å². The molecule has 0 saturated carbocycles. The van der Waals surface area contributed by atoms with Gasteiger partial charge < -0.3 is 30.3 Å². The Labute approximate surface area is 162 Å². The van der Waals surface area contributed by atoms with Crippen LogP contribution in [0.3, 0.4) is 0 Å². The molecule has 1 heterocycles. The fourth-order valence-corrected chi connectivity index (χ4v) is 4.50. The lowest BCUT2D eigenvalue weighted by atomic mass is 9.72. The fraction of sp³-hybridized carbons (Fsp3) is 0.905. The molecule has 1 aliphatic heterocycles. The Morgan fingerprint density at radius 2 is 1.63 bits per heavy atom. The van der Waals surface area contributed by atoms with Gasteiger partial charge in [0.15, 0.2) is 0 Å². The molecule has 6 heteroatoms. The molecule has 1 fully saturated rings. The van der Waals surface area contributed by atoms with E-state index in [1.54, 1.807) is 0 Å². The van der Waals surface area contributed by atoms with Crippen LogP contribution < -0.4 is 0 Å². The highest BCUT2D eigenvalue weighted by Crippen LogP contribution is 2.39. The summed E-state index contributed by atoms with van der Waals surface area (Å²) in [4.78, 5) is 0. The van der Waals surface area contributed by atoms with Gasteiger partial charge in [0.1, 0.15) is 30.5 Å². The molecule has 0 amide bonds. The Balaban J connectivity index is 2.20. The first kappa shape index (κ1) is 22.8. The van der Waals surface area contributed by atoms with Crippen molar-refractivity contribution in [1.29, 1.82) is 0 Å². The minimum atomic E-state index is -1.41. The fourth-order valence-electron chi connectivity index (χ4n) is 4.50. The molecule has 0 bridgehead atoms. The minimum Gasteiger partial charge on any atom is -0.394 e. The van der Waals surface area contributed by atoms with Gasteiger partial charge in [-0.1, -0.05) is 52.0 Å². The average Bonchev–Trinajstić information content (AvgIpc) is 2.66. The summed E-state index contributed by atoms with van der Waals surface area (Å²) in [6.07, 6.45) is 3.78. The maximum atomic E-state index is 10.8. The van der Waals surface area contributed by atoms with Gasteiger partial charge in [0.2, 0.25) is 0 Å².